The van der Waals surface area contributed by atoms with Gasteiger partial charge in [0, 0.05) is 44.5 Å². The molecular weight excluding hydrogens is 540 g/mol. The molecule has 0 N–H and O–H groups in total. The molecule has 2 aromatic heterocycles. The fraction of sp³-hybridized carbons (Fsp3) is 0.515. The van der Waals surface area contributed by atoms with Crippen LogP contribution in [0.3, 0.4) is 0 Å². The molecule has 228 valence electrons. The van der Waals surface area contributed by atoms with Gasteiger partial charge in [-0.05, 0) is 48.1 Å². The number of halogens is 2. The number of morpholine rings is 1. The smallest absolute Gasteiger partial charge is 0.251 e. The number of hydrogen-bond donors (Lipinski definition) is 0. The first-order valence-electron chi connectivity index (χ1n) is 14.9. The molecule has 0 bridgehead atoms. The average molecular weight is 584 g/mol. The molecule has 1 aromatic carbocycles. The normalized spacial score (nSPS) is 15.1. The van der Waals surface area contributed by atoms with Crippen LogP contribution in [-0.4, -0.2) is 72.8 Å². The molecule has 0 saturated carbocycles. The Morgan fingerprint density at radius 1 is 1.26 bits per heavy atom. The first kappa shape index (κ1) is 31.6. The minimum absolute atomic E-state index is 0.0838. The van der Waals surface area contributed by atoms with Gasteiger partial charge in [0.2, 0.25) is 0 Å². The number of aromatic nitrogens is 2. The fourth-order valence-corrected chi connectivity index (χ4v) is 5.57. The van der Waals surface area contributed by atoms with Crippen LogP contribution in [0.2, 0.25) is 0 Å². The van der Waals surface area contributed by atoms with Crippen molar-refractivity contribution in [3.63, 3.8) is 0 Å². The van der Waals surface area contributed by atoms with Gasteiger partial charge < -0.3 is 14.2 Å². The van der Waals surface area contributed by atoms with Crippen molar-refractivity contribution >= 4 is 11.3 Å². The molecule has 0 spiro atoms. The van der Waals surface area contributed by atoms with E-state index in [-0.39, 0.29) is 31.0 Å². The summed E-state index contributed by atoms with van der Waals surface area (Å²) in [6.45, 7) is 12.1. The van der Waals surface area contributed by atoms with Crippen LogP contribution in [0.1, 0.15) is 61.9 Å². The van der Waals surface area contributed by atoms with Crippen LogP contribution in [-0.2, 0) is 11.2 Å². The molecule has 4 rings (SSSR count). The molecule has 42 heavy (non-hydrogen) atoms. The number of fused-ring (bicyclic) bond motifs is 1. The summed E-state index contributed by atoms with van der Waals surface area (Å²) in [6, 6.07) is 7.84. The summed E-state index contributed by atoms with van der Waals surface area (Å²) in [5, 5.41) is 4.57. The maximum Gasteiger partial charge on any atom is 0.251 e. The summed E-state index contributed by atoms with van der Waals surface area (Å²) in [5.41, 5.74) is 4.17. The van der Waals surface area contributed by atoms with Gasteiger partial charge in [-0.25, -0.2) is 13.3 Å². The van der Waals surface area contributed by atoms with Crippen molar-refractivity contribution < 1.29 is 27.8 Å². The number of benzene rings is 1. The molecule has 1 aliphatic heterocycles. The van der Waals surface area contributed by atoms with Gasteiger partial charge in [-0.15, -0.1) is 6.58 Å². The highest BCUT2D eigenvalue weighted by molar-refractivity contribution is 6.01. The summed E-state index contributed by atoms with van der Waals surface area (Å²) in [7, 11) is 1.56. The van der Waals surface area contributed by atoms with Crippen LogP contribution in [0.25, 0.3) is 16.6 Å². The van der Waals surface area contributed by atoms with Crippen LogP contribution in [0.5, 0.6) is 11.5 Å². The third-order valence-electron chi connectivity index (χ3n) is 7.74. The predicted octanol–water partition coefficient (Wildman–Crippen LogP) is 6.87. The second-order valence-electron chi connectivity index (χ2n) is 11.1. The molecule has 0 amide bonds. The Bertz CT molecular complexity index is 1350. The van der Waals surface area contributed by atoms with Gasteiger partial charge in [-0.3, -0.25) is 9.69 Å². The van der Waals surface area contributed by atoms with E-state index >= 15 is 0 Å². The number of carbonyl (C=O) groups excluding carboxylic acids is 1. The van der Waals surface area contributed by atoms with Crippen molar-refractivity contribution in [1.82, 2.24) is 14.5 Å². The number of hydrogen-bond acceptors (Lipinski definition) is 6. The number of aryl methyl sites for hydroxylation is 1. The van der Waals surface area contributed by atoms with Crippen LogP contribution >= 0.6 is 0 Å². The van der Waals surface area contributed by atoms with Gasteiger partial charge in [-0.2, -0.15) is 5.10 Å². The Morgan fingerprint density at radius 2 is 2.05 bits per heavy atom. The highest BCUT2D eigenvalue weighted by Gasteiger charge is 2.30. The Morgan fingerprint density at radius 3 is 2.76 bits per heavy atom. The number of pyridine rings is 1. The number of alkyl halides is 2. The maximum atomic E-state index is 14.0. The SMILES string of the molecule is C=CCC(F)(F)CC(C)CCC(=O)c1c(CCC)cc(-c2cnn3cc(OCCN4CCOCC4)ccc23)cc1OC. The van der Waals surface area contributed by atoms with E-state index in [0.29, 0.717) is 30.8 Å². The second kappa shape index (κ2) is 14.7. The lowest BCUT2D eigenvalue weighted by Crippen LogP contribution is -2.38. The van der Waals surface area contributed by atoms with Crippen LogP contribution < -0.4 is 9.47 Å². The molecule has 3 aromatic rings. The number of methoxy groups -OCH3 is 1. The molecule has 1 saturated heterocycles. The molecule has 1 unspecified atom stereocenters. The zero-order chi connectivity index (χ0) is 30.1. The Hall–Kier alpha value is -3.30. The highest BCUT2D eigenvalue weighted by atomic mass is 19.3. The van der Waals surface area contributed by atoms with Crippen molar-refractivity contribution in [2.45, 2.75) is 58.3 Å². The van der Waals surface area contributed by atoms with Crippen LogP contribution in [0.4, 0.5) is 8.78 Å². The van der Waals surface area contributed by atoms with E-state index < -0.39 is 5.92 Å². The van der Waals surface area contributed by atoms with E-state index in [0.717, 1.165) is 67.2 Å². The van der Waals surface area contributed by atoms with E-state index in [9.17, 15) is 13.6 Å². The lowest BCUT2D eigenvalue weighted by atomic mass is 9.89. The van der Waals surface area contributed by atoms with Gasteiger partial charge in [0.15, 0.2) is 5.78 Å². The first-order chi connectivity index (χ1) is 20.2. The number of rotatable bonds is 16. The van der Waals surface area contributed by atoms with E-state index in [1.54, 1.807) is 18.5 Å². The average Bonchev–Trinajstić information content (AvgIpc) is 3.39. The van der Waals surface area contributed by atoms with E-state index in [1.807, 2.05) is 36.7 Å². The molecule has 1 atom stereocenters. The lowest BCUT2D eigenvalue weighted by molar-refractivity contribution is -0.0187. The standard InChI is InChI=1S/C33H43F2N3O4/c1-5-7-25-19-26(20-31(40-4)32(25)30(39)11-8-24(3)21-33(34,35)12-6-2)28-22-36-38-23-27(9-10-29(28)38)42-18-15-37-13-16-41-17-14-37/h6,9-10,19-20,22-24H,2,5,7-8,11-18,21H2,1,3-4H3. The van der Waals surface area contributed by atoms with Crippen molar-refractivity contribution in [3.05, 3.63) is 60.4 Å². The second-order valence-corrected chi connectivity index (χ2v) is 11.1. The minimum atomic E-state index is -2.80. The Kier molecular flexibility index (Phi) is 11.1. The third-order valence-corrected chi connectivity index (χ3v) is 7.74. The van der Waals surface area contributed by atoms with Crippen molar-refractivity contribution in [2.24, 2.45) is 5.92 Å². The van der Waals surface area contributed by atoms with E-state index in [1.165, 1.54) is 6.08 Å². The Balaban J connectivity index is 1.50. The van der Waals surface area contributed by atoms with Crippen molar-refractivity contribution in [2.75, 3.05) is 46.6 Å². The van der Waals surface area contributed by atoms with E-state index in [4.69, 9.17) is 14.2 Å². The fourth-order valence-electron chi connectivity index (χ4n) is 5.57. The molecule has 1 fully saturated rings. The van der Waals surface area contributed by atoms with Gasteiger partial charge >= 0.3 is 0 Å². The number of Topliss-reactive ketones (excluding diaryl/α,β-unsaturated/α-hetero) is 1. The zero-order valence-corrected chi connectivity index (χ0v) is 25.0. The van der Waals surface area contributed by atoms with Gasteiger partial charge in [0.1, 0.15) is 18.1 Å². The molecule has 0 aliphatic carbocycles. The van der Waals surface area contributed by atoms with Crippen molar-refractivity contribution in [3.8, 4) is 22.6 Å². The lowest BCUT2D eigenvalue weighted by Gasteiger charge is -2.26. The largest absolute Gasteiger partial charge is 0.496 e. The van der Waals surface area contributed by atoms with Crippen LogP contribution in [0.15, 0.2) is 49.3 Å². The van der Waals surface area contributed by atoms with E-state index in [2.05, 4.69) is 23.5 Å². The molecule has 9 heteroatoms. The minimum Gasteiger partial charge on any atom is -0.496 e. The summed E-state index contributed by atoms with van der Waals surface area (Å²) < 4.78 is 47.0. The highest BCUT2D eigenvalue weighted by Crippen LogP contribution is 2.36. The summed E-state index contributed by atoms with van der Waals surface area (Å²) in [5.74, 6) is -1.95. The number of ketones is 1. The van der Waals surface area contributed by atoms with Gasteiger partial charge in [0.25, 0.3) is 5.92 Å². The van der Waals surface area contributed by atoms with Crippen molar-refractivity contribution in [1.29, 1.82) is 0 Å². The molecule has 7 nitrogen and oxygen atoms in total. The zero-order valence-electron chi connectivity index (χ0n) is 25.0. The topological polar surface area (TPSA) is 65.3 Å². The quantitative estimate of drug-likeness (QED) is 0.135. The van der Waals surface area contributed by atoms with Crippen LogP contribution in [0, 0.1) is 5.92 Å². The number of carbonyl (C=O) groups is 1. The third kappa shape index (κ3) is 8.16. The molecule has 3 heterocycles. The number of allylic oxidation sites excluding steroid dienone is 1. The summed E-state index contributed by atoms with van der Waals surface area (Å²) in [4.78, 5) is 15.8. The predicted molar refractivity (Wildman–Crippen MR) is 161 cm³/mol. The maximum absolute atomic E-state index is 14.0. The van der Waals surface area contributed by atoms with Gasteiger partial charge in [-0.1, -0.05) is 32.4 Å². The Labute approximate surface area is 247 Å². The molecule has 1 aliphatic rings. The monoisotopic (exact) mass is 583 g/mol. The number of ether oxygens (including phenoxy) is 3. The summed E-state index contributed by atoms with van der Waals surface area (Å²) in [6.07, 6.45) is 6.41. The summed E-state index contributed by atoms with van der Waals surface area (Å²) >= 11 is 0. The molecule has 0 radical (unpaired) electrons. The first-order valence-corrected chi connectivity index (χ1v) is 14.9. The number of nitrogens with zero attached hydrogens (tertiary/aromatic N) is 3. The molecular formula is C33H43F2N3O4. The van der Waals surface area contributed by atoms with Gasteiger partial charge in [0.05, 0.1) is 43.8 Å².